The van der Waals surface area contributed by atoms with Crippen LogP contribution < -0.4 is 5.32 Å². The summed E-state index contributed by atoms with van der Waals surface area (Å²) in [5.41, 5.74) is 4.18. The van der Waals surface area contributed by atoms with Gasteiger partial charge in [-0.05, 0) is 48.6 Å². The predicted molar refractivity (Wildman–Crippen MR) is 90.0 cm³/mol. The van der Waals surface area contributed by atoms with Crippen LogP contribution in [0.15, 0.2) is 24.4 Å². The monoisotopic (exact) mass is 285 g/mol. The van der Waals surface area contributed by atoms with Crippen molar-refractivity contribution in [3.63, 3.8) is 0 Å². The Morgan fingerprint density at radius 1 is 1.19 bits per heavy atom. The lowest BCUT2D eigenvalue weighted by Crippen LogP contribution is -2.43. The second-order valence-corrected chi connectivity index (χ2v) is 6.47. The molecule has 1 aromatic heterocycles. The summed E-state index contributed by atoms with van der Waals surface area (Å²) in [4.78, 5) is 5.99. The molecule has 0 amide bonds. The predicted octanol–water partition coefficient (Wildman–Crippen LogP) is 3.13. The molecule has 1 aromatic carbocycles. The molecule has 0 saturated carbocycles. The third-order valence-electron chi connectivity index (χ3n) is 4.59. The first-order valence-corrected chi connectivity index (χ1v) is 8.27. The van der Waals surface area contributed by atoms with Gasteiger partial charge in [0.1, 0.15) is 0 Å². The van der Waals surface area contributed by atoms with Crippen molar-refractivity contribution in [2.75, 3.05) is 32.7 Å². The van der Waals surface area contributed by atoms with Crippen LogP contribution in [0.4, 0.5) is 0 Å². The number of hydrogen-bond donors (Lipinski definition) is 2. The molecule has 0 unspecified atom stereocenters. The zero-order valence-electron chi connectivity index (χ0n) is 13.3. The minimum absolute atomic E-state index is 0.595. The highest BCUT2D eigenvalue weighted by atomic mass is 15.2. The fraction of sp³-hybridized carbons (Fsp3) is 0.556. The van der Waals surface area contributed by atoms with E-state index in [1.54, 1.807) is 0 Å². The van der Waals surface area contributed by atoms with Gasteiger partial charge < -0.3 is 15.2 Å². The summed E-state index contributed by atoms with van der Waals surface area (Å²) in [5.74, 6) is 0.595. The molecule has 0 atom stereocenters. The van der Waals surface area contributed by atoms with Crippen LogP contribution in [-0.2, 0) is 6.42 Å². The lowest BCUT2D eigenvalue weighted by Gasteiger charge is -2.26. The van der Waals surface area contributed by atoms with Crippen molar-refractivity contribution >= 4 is 10.9 Å². The van der Waals surface area contributed by atoms with Crippen LogP contribution >= 0.6 is 0 Å². The molecule has 0 spiro atoms. The largest absolute Gasteiger partial charge is 0.361 e. The second kappa shape index (κ2) is 6.63. The van der Waals surface area contributed by atoms with Crippen LogP contribution in [0.5, 0.6) is 0 Å². The SMILES string of the molecule is CC(C)c1ccc2[nH]cc(CCCN3CCNCC3)c2c1. The number of hydrogen-bond acceptors (Lipinski definition) is 2. The summed E-state index contributed by atoms with van der Waals surface area (Å²) in [6.45, 7) is 10.4. The molecule has 3 heteroatoms. The Morgan fingerprint density at radius 3 is 2.76 bits per heavy atom. The lowest BCUT2D eigenvalue weighted by atomic mass is 9.99. The summed E-state index contributed by atoms with van der Waals surface area (Å²) in [7, 11) is 0. The van der Waals surface area contributed by atoms with Gasteiger partial charge in [0.15, 0.2) is 0 Å². The highest BCUT2D eigenvalue weighted by molar-refractivity contribution is 5.84. The Balaban J connectivity index is 1.64. The number of aromatic amines is 1. The zero-order valence-corrected chi connectivity index (χ0v) is 13.3. The fourth-order valence-corrected chi connectivity index (χ4v) is 3.19. The maximum Gasteiger partial charge on any atom is 0.0456 e. The van der Waals surface area contributed by atoms with E-state index in [2.05, 4.69) is 53.4 Å². The average Bonchev–Trinajstić information content (AvgIpc) is 2.91. The highest BCUT2D eigenvalue weighted by Gasteiger charge is 2.10. The first-order chi connectivity index (χ1) is 10.2. The Morgan fingerprint density at radius 2 is 2.00 bits per heavy atom. The summed E-state index contributed by atoms with van der Waals surface area (Å²) < 4.78 is 0. The normalized spacial score (nSPS) is 16.9. The van der Waals surface area contributed by atoms with Gasteiger partial charge in [-0.15, -0.1) is 0 Å². The van der Waals surface area contributed by atoms with Crippen molar-refractivity contribution in [2.45, 2.75) is 32.6 Å². The van der Waals surface area contributed by atoms with E-state index in [0.717, 1.165) is 13.1 Å². The van der Waals surface area contributed by atoms with Crippen molar-refractivity contribution in [3.05, 3.63) is 35.5 Å². The molecule has 2 aromatic rings. The molecule has 0 bridgehead atoms. The quantitative estimate of drug-likeness (QED) is 0.884. The number of nitrogens with zero attached hydrogens (tertiary/aromatic N) is 1. The number of rotatable bonds is 5. The second-order valence-electron chi connectivity index (χ2n) is 6.47. The molecule has 1 aliphatic rings. The van der Waals surface area contributed by atoms with Gasteiger partial charge in [0.2, 0.25) is 0 Å². The molecule has 2 N–H and O–H groups in total. The van der Waals surface area contributed by atoms with Crippen LogP contribution in [0.2, 0.25) is 0 Å². The topological polar surface area (TPSA) is 31.1 Å². The minimum atomic E-state index is 0.595. The number of piperazine rings is 1. The number of fused-ring (bicyclic) bond motifs is 1. The Bertz CT molecular complexity index is 579. The van der Waals surface area contributed by atoms with E-state index in [-0.39, 0.29) is 0 Å². The maximum absolute atomic E-state index is 3.42. The number of nitrogens with one attached hydrogen (secondary N) is 2. The van der Waals surface area contributed by atoms with Crippen molar-refractivity contribution < 1.29 is 0 Å². The Kier molecular flexibility index (Phi) is 4.61. The van der Waals surface area contributed by atoms with Gasteiger partial charge in [0.05, 0.1) is 0 Å². The van der Waals surface area contributed by atoms with Crippen LogP contribution in [0.1, 0.15) is 37.3 Å². The van der Waals surface area contributed by atoms with Crippen molar-refractivity contribution in [1.29, 1.82) is 0 Å². The van der Waals surface area contributed by atoms with Gasteiger partial charge in [-0.2, -0.15) is 0 Å². The highest BCUT2D eigenvalue weighted by Crippen LogP contribution is 2.24. The summed E-state index contributed by atoms with van der Waals surface area (Å²) in [5, 5.41) is 4.83. The molecule has 1 aliphatic heterocycles. The third kappa shape index (κ3) is 3.47. The molecule has 0 radical (unpaired) electrons. The van der Waals surface area contributed by atoms with Crippen LogP contribution in [0.3, 0.4) is 0 Å². The Labute approximate surface area is 127 Å². The number of H-pyrrole nitrogens is 1. The van der Waals surface area contributed by atoms with Crippen molar-refractivity contribution in [1.82, 2.24) is 15.2 Å². The molecule has 2 heterocycles. The minimum Gasteiger partial charge on any atom is -0.361 e. The van der Waals surface area contributed by atoms with Gasteiger partial charge in [-0.3, -0.25) is 0 Å². The van der Waals surface area contributed by atoms with Gasteiger partial charge >= 0.3 is 0 Å². The van der Waals surface area contributed by atoms with E-state index in [1.165, 1.54) is 54.5 Å². The first kappa shape index (κ1) is 14.6. The van der Waals surface area contributed by atoms with Gasteiger partial charge in [-0.25, -0.2) is 0 Å². The molecular formula is C18H27N3. The summed E-state index contributed by atoms with van der Waals surface area (Å²) in [6.07, 6.45) is 4.62. The summed E-state index contributed by atoms with van der Waals surface area (Å²) in [6, 6.07) is 6.84. The third-order valence-corrected chi connectivity index (χ3v) is 4.59. The Hall–Kier alpha value is -1.32. The van der Waals surface area contributed by atoms with Crippen LogP contribution in [0, 0.1) is 0 Å². The van der Waals surface area contributed by atoms with Crippen LogP contribution in [-0.4, -0.2) is 42.6 Å². The molecule has 3 rings (SSSR count). The van der Waals surface area contributed by atoms with E-state index in [4.69, 9.17) is 0 Å². The maximum atomic E-state index is 3.42. The van der Waals surface area contributed by atoms with Crippen LogP contribution in [0.25, 0.3) is 10.9 Å². The van der Waals surface area contributed by atoms with E-state index >= 15 is 0 Å². The van der Waals surface area contributed by atoms with Gasteiger partial charge in [-0.1, -0.05) is 19.9 Å². The standard InChI is InChI=1S/C18H27N3/c1-14(2)15-5-6-18-17(12-15)16(13-20-18)4-3-9-21-10-7-19-8-11-21/h5-6,12-14,19-20H,3-4,7-11H2,1-2H3. The van der Waals surface area contributed by atoms with E-state index in [0.29, 0.717) is 5.92 Å². The smallest absolute Gasteiger partial charge is 0.0456 e. The zero-order chi connectivity index (χ0) is 14.7. The molecule has 1 saturated heterocycles. The van der Waals surface area contributed by atoms with E-state index in [1.807, 2.05) is 0 Å². The molecule has 114 valence electrons. The van der Waals surface area contributed by atoms with Gasteiger partial charge in [0, 0.05) is 43.3 Å². The first-order valence-electron chi connectivity index (χ1n) is 8.27. The number of aromatic nitrogens is 1. The summed E-state index contributed by atoms with van der Waals surface area (Å²) >= 11 is 0. The average molecular weight is 285 g/mol. The number of benzene rings is 1. The molecule has 0 aliphatic carbocycles. The van der Waals surface area contributed by atoms with Crippen molar-refractivity contribution in [3.8, 4) is 0 Å². The van der Waals surface area contributed by atoms with E-state index < -0.39 is 0 Å². The lowest BCUT2D eigenvalue weighted by molar-refractivity contribution is 0.238. The molecule has 3 nitrogen and oxygen atoms in total. The molecule has 1 fully saturated rings. The fourth-order valence-electron chi connectivity index (χ4n) is 3.19. The molecule has 21 heavy (non-hydrogen) atoms. The van der Waals surface area contributed by atoms with E-state index in [9.17, 15) is 0 Å². The molecular weight excluding hydrogens is 258 g/mol. The number of aryl methyl sites for hydroxylation is 1. The van der Waals surface area contributed by atoms with Gasteiger partial charge in [0.25, 0.3) is 0 Å². The van der Waals surface area contributed by atoms with Crippen molar-refractivity contribution in [2.24, 2.45) is 0 Å².